The van der Waals surface area contributed by atoms with Gasteiger partial charge in [-0.1, -0.05) is 61.5 Å². The van der Waals surface area contributed by atoms with Crippen molar-refractivity contribution in [2.45, 2.75) is 114 Å². The van der Waals surface area contributed by atoms with Gasteiger partial charge in [-0.05, 0) is 70.5 Å². The number of ether oxygens (including phenoxy) is 11. The lowest BCUT2D eigenvalue weighted by atomic mass is 9.86. The summed E-state index contributed by atoms with van der Waals surface area (Å²) in [4.78, 5) is 128. The Balaban J connectivity index is 0.830. The van der Waals surface area contributed by atoms with E-state index in [2.05, 4.69) is 10.6 Å². The first kappa shape index (κ1) is 73.1. The first-order valence-electron chi connectivity index (χ1n) is 32.5. The van der Waals surface area contributed by atoms with Crippen LogP contribution in [0.2, 0.25) is 0 Å². The van der Waals surface area contributed by atoms with Crippen molar-refractivity contribution >= 4 is 74.2 Å². The van der Waals surface area contributed by atoms with Crippen molar-refractivity contribution in [3.05, 3.63) is 134 Å². The average molecular weight is 1430 g/mol. The van der Waals surface area contributed by atoms with Crippen molar-refractivity contribution in [3.63, 3.8) is 0 Å². The Hall–Kier alpha value is -10.1. The van der Waals surface area contributed by atoms with Crippen LogP contribution in [0.3, 0.4) is 0 Å². The Morgan fingerprint density at radius 3 is 2.14 bits per heavy atom. The number of pyridine rings is 2. The number of nitrogens with zero attached hydrogens (tertiary/aromatic N) is 4. The van der Waals surface area contributed by atoms with Crippen LogP contribution in [-0.2, 0) is 113 Å². The Kier molecular flexibility index (Phi) is 21.7. The Bertz CT molecular complexity index is 4460. The Morgan fingerprint density at radius 2 is 1.49 bits per heavy atom. The fourth-order valence-electron chi connectivity index (χ4n) is 13.0. The first-order chi connectivity index (χ1) is 48.7. The minimum absolute atomic E-state index is 0.0215. The van der Waals surface area contributed by atoms with Crippen molar-refractivity contribution < 1.29 is 114 Å². The molecule has 102 heavy (non-hydrogen) atoms. The lowest BCUT2D eigenvalue weighted by molar-refractivity contribution is -0.282. The number of aryl methyl sites for hydroxylation is 1. The summed E-state index contributed by atoms with van der Waals surface area (Å²) >= 11 is 0. The fourth-order valence-corrected chi connectivity index (χ4v) is 13.6. The number of sulfone groups is 1. The normalized spacial score (nSPS) is 19.2. The summed E-state index contributed by atoms with van der Waals surface area (Å²) in [5.74, 6) is -6.64. The van der Waals surface area contributed by atoms with Gasteiger partial charge in [0.1, 0.15) is 42.1 Å². The number of fused-ring (bicyclic) bond motifs is 9. The van der Waals surface area contributed by atoms with Crippen LogP contribution in [0.5, 0.6) is 17.2 Å². The molecule has 11 rings (SSSR count). The smallest absolute Gasteiger partial charge is 0.409 e. The van der Waals surface area contributed by atoms with Crippen molar-refractivity contribution in [2.24, 2.45) is 0 Å². The van der Waals surface area contributed by atoms with Crippen LogP contribution < -0.4 is 30.4 Å². The van der Waals surface area contributed by atoms with Gasteiger partial charge < -0.3 is 92.4 Å². The van der Waals surface area contributed by atoms with Gasteiger partial charge in [0.25, 0.3) is 5.56 Å². The predicted octanol–water partition coefficient (Wildman–Crippen LogP) is 2.99. The highest BCUT2D eigenvalue weighted by atomic mass is 32.2. The largest absolute Gasteiger partial charge is 0.467 e. The second-order valence-corrected chi connectivity index (χ2v) is 27.5. The molecule has 0 bridgehead atoms. The summed E-state index contributed by atoms with van der Waals surface area (Å²) in [6.45, 7) is 0.444. The average Bonchev–Trinajstić information content (AvgIpc) is 1.52. The van der Waals surface area contributed by atoms with E-state index in [9.17, 15) is 66.9 Å². The number of hydrogen-bond acceptors (Lipinski definition) is 27. The van der Waals surface area contributed by atoms with Gasteiger partial charge >= 0.3 is 35.9 Å². The molecule has 4 aromatic carbocycles. The molecule has 1 fully saturated rings. The molecular formula is C70H76N6O25S. The molecule has 3 amide bonds. The number of aromatic nitrogens is 2. The summed E-state index contributed by atoms with van der Waals surface area (Å²) in [6, 6.07) is 24.6. The SMILES string of the molecule is CC[C@@]1(O)C(=O)OCc2c1cc1n(c2=O)Cc2c-1nc1cc3c(cc1c2CNC(CO)(CO)COCN(CCS(C)(=O)=O)C(=O)CCc1ccc(O[C@@H]2O[C@H](C(=O)OC)[C@@H](OC(C)=O)[C@H](OC(C)=O)[C@H]2OC(C)=O)c(NC(=O)CN(C)C(=O)OCC2c4ccccc4-c4ccccc42)c1)OCO3. The maximum atomic E-state index is 14.4. The zero-order chi connectivity index (χ0) is 73.1. The summed E-state index contributed by atoms with van der Waals surface area (Å²) in [6.07, 6.45) is -9.49. The number of carbonyl (C=O) groups is 8. The van der Waals surface area contributed by atoms with Crippen LogP contribution >= 0.6 is 0 Å². The number of esters is 5. The summed E-state index contributed by atoms with van der Waals surface area (Å²) < 4.78 is 89.2. The van der Waals surface area contributed by atoms with Gasteiger partial charge in [-0.3, -0.25) is 28.8 Å². The number of carbonyl (C=O) groups excluding carboxylic acids is 8. The Morgan fingerprint density at radius 1 is 0.833 bits per heavy atom. The predicted molar refractivity (Wildman–Crippen MR) is 356 cm³/mol. The highest BCUT2D eigenvalue weighted by molar-refractivity contribution is 7.90. The van der Waals surface area contributed by atoms with Gasteiger partial charge in [-0.15, -0.1) is 0 Å². The molecule has 2 aromatic heterocycles. The molecular weight excluding hydrogens is 1360 g/mol. The van der Waals surface area contributed by atoms with E-state index in [4.69, 9.17) is 57.1 Å². The standard InChI is InChI=1S/C70H76N6O25S/c1-8-70(88)50-25-53-59-47(28-76(53)64(84)49(50)31-93-67(70)86)46(45-24-55-56(96-36-95-55)26-51(45)73-59)27-71-69(32-77,33-78)34-92-35-75(21-22-102(7,89)90)58(83)20-18-40-17-19-54(100-66-63(99-39(4)81)61(98-38(3)80)60(97-37(2)79)62(101-66)65(85)91-6)52(23-40)72-57(82)29-74(5)68(87)94-30-48-43-15-11-9-13-41(43)42-14-10-12-16-44(42)48/h9-17,19,23-26,48,60-63,66,71,77-78,88H,8,18,20-22,27-36H2,1-7H3,(H,72,82)/t60-,61-,62-,63+,66+,70-/m0/s1. The molecule has 1 saturated heterocycles. The molecule has 0 saturated carbocycles. The van der Waals surface area contributed by atoms with E-state index in [1.807, 2.05) is 48.5 Å². The molecule has 0 unspecified atom stereocenters. The number of nitrogens with one attached hydrogen (secondary N) is 2. The van der Waals surface area contributed by atoms with E-state index in [-0.39, 0.29) is 87.4 Å². The van der Waals surface area contributed by atoms with E-state index in [1.54, 1.807) is 25.1 Å². The summed E-state index contributed by atoms with van der Waals surface area (Å²) in [7, 11) is -1.38. The highest BCUT2D eigenvalue weighted by Crippen LogP contribution is 2.46. The maximum absolute atomic E-state index is 14.4. The van der Waals surface area contributed by atoms with Crippen LogP contribution in [-0.4, -0.2) is 206 Å². The van der Waals surface area contributed by atoms with Gasteiger partial charge in [0.05, 0.1) is 72.9 Å². The molecule has 5 aliphatic rings. The third kappa shape index (κ3) is 15.2. The quantitative estimate of drug-likeness (QED) is 0.0281. The van der Waals surface area contributed by atoms with E-state index in [1.165, 1.54) is 29.8 Å². The van der Waals surface area contributed by atoms with Crippen LogP contribution in [0.4, 0.5) is 10.5 Å². The van der Waals surface area contributed by atoms with Gasteiger partial charge in [0, 0.05) is 82.1 Å². The minimum atomic E-state index is -3.72. The molecule has 0 radical (unpaired) electrons. The summed E-state index contributed by atoms with van der Waals surface area (Å²) in [5, 5.41) is 40.1. The zero-order valence-corrected chi connectivity index (χ0v) is 57.5. The van der Waals surface area contributed by atoms with E-state index >= 15 is 0 Å². The number of aliphatic hydroxyl groups excluding tert-OH is 2. The number of likely N-dealkylation sites (N-methyl/N-ethyl adjacent to an activating group) is 1. The molecule has 6 heterocycles. The lowest BCUT2D eigenvalue weighted by Crippen LogP contribution is -2.64. The molecule has 0 spiro atoms. The van der Waals surface area contributed by atoms with Crippen molar-refractivity contribution in [3.8, 4) is 39.8 Å². The molecule has 31 nitrogen and oxygen atoms in total. The second-order valence-electron chi connectivity index (χ2n) is 25.3. The highest BCUT2D eigenvalue weighted by Gasteiger charge is 2.56. The number of cyclic esters (lactones) is 1. The topological polar surface area (TPSA) is 398 Å². The number of hydrogen-bond donors (Lipinski definition) is 5. The zero-order valence-electron chi connectivity index (χ0n) is 56.7. The minimum Gasteiger partial charge on any atom is -0.467 e. The van der Waals surface area contributed by atoms with Gasteiger partial charge in [0.2, 0.25) is 31.0 Å². The van der Waals surface area contributed by atoms with Crippen molar-refractivity contribution in [2.75, 3.05) is 84.5 Å². The van der Waals surface area contributed by atoms with Crippen molar-refractivity contribution in [1.82, 2.24) is 24.7 Å². The molecule has 6 atom stereocenters. The van der Waals surface area contributed by atoms with E-state index in [0.717, 1.165) is 66.2 Å². The number of benzene rings is 4. The molecule has 4 aliphatic heterocycles. The molecule has 1 aliphatic carbocycles. The third-order valence-corrected chi connectivity index (χ3v) is 19.2. The monoisotopic (exact) mass is 1430 g/mol. The number of rotatable bonds is 27. The Labute approximate surface area is 583 Å². The van der Waals surface area contributed by atoms with Gasteiger partial charge in [-0.2, -0.15) is 0 Å². The summed E-state index contributed by atoms with van der Waals surface area (Å²) in [5.41, 5.74) is 2.17. The fraction of sp³-hybridized carbons (Fsp3) is 0.429. The van der Waals surface area contributed by atoms with E-state index in [0.29, 0.717) is 50.5 Å². The van der Waals surface area contributed by atoms with E-state index < -0.39 is 144 Å². The van der Waals surface area contributed by atoms with Crippen LogP contribution in [0.1, 0.15) is 85.4 Å². The van der Waals surface area contributed by atoms with Crippen LogP contribution in [0.15, 0.2) is 89.7 Å². The third-order valence-electron chi connectivity index (χ3n) is 18.3. The maximum Gasteiger partial charge on any atom is 0.409 e. The lowest BCUT2D eigenvalue weighted by Gasteiger charge is -2.43. The van der Waals surface area contributed by atoms with Crippen LogP contribution in [0.25, 0.3) is 33.4 Å². The van der Waals surface area contributed by atoms with Crippen LogP contribution in [0, 0.1) is 0 Å². The molecule has 6 aromatic rings. The number of amides is 3. The number of anilines is 1. The molecule has 542 valence electrons. The molecule has 32 heteroatoms. The second kappa shape index (κ2) is 30.2. The number of methoxy groups -OCH3 is 1. The van der Waals surface area contributed by atoms with Gasteiger partial charge in [-0.25, -0.2) is 27.8 Å². The van der Waals surface area contributed by atoms with Gasteiger partial charge in [0.15, 0.2) is 35.4 Å². The number of aliphatic hydroxyl groups is 3. The first-order valence-corrected chi connectivity index (χ1v) is 34.6. The molecule has 5 N–H and O–H groups in total. The van der Waals surface area contributed by atoms with Crippen molar-refractivity contribution in [1.29, 1.82) is 0 Å².